The molecule has 25 heavy (non-hydrogen) atoms. The molecule has 0 saturated heterocycles. The Balaban J connectivity index is 1.71. The van der Waals surface area contributed by atoms with E-state index in [2.05, 4.69) is 10.5 Å². The number of hydrogen-bond acceptors (Lipinski definition) is 5. The van der Waals surface area contributed by atoms with Crippen molar-refractivity contribution in [2.24, 2.45) is 5.10 Å². The van der Waals surface area contributed by atoms with Crippen LogP contribution in [0, 0.1) is 0 Å². The van der Waals surface area contributed by atoms with Gasteiger partial charge in [0.2, 0.25) is 5.91 Å². The average Bonchev–Trinajstić information content (AvgIpc) is 2.58. The van der Waals surface area contributed by atoms with E-state index >= 15 is 0 Å². The minimum absolute atomic E-state index is 0.158. The second-order valence-electron chi connectivity index (χ2n) is 5.01. The van der Waals surface area contributed by atoms with Crippen LogP contribution >= 0.6 is 23.4 Å². The molecule has 1 N–H and O–H groups in total. The van der Waals surface area contributed by atoms with Crippen LogP contribution in [0.4, 0.5) is 0 Å². The van der Waals surface area contributed by atoms with E-state index in [0.29, 0.717) is 22.9 Å². The van der Waals surface area contributed by atoms with Crippen molar-refractivity contribution in [1.29, 1.82) is 0 Å². The van der Waals surface area contributed by atoms with E-state index in [1.165, 1.54) is 13.1 Å². The number of benzene rings is 2. The molecule has 0 heterocycles. The van der Waals surface area contributed by atoms with E-state index in [4.69, 9.17) is 16.3 Å². The quantitative estimate of drug-likeness (QED) is 0.261. The zero-order chi connectivity index (χ0) is 18.1. The maximum atomic E-state index is 11.7. The molecule has 0 atom stereocenters. The molecule has 0 fully saturated rings. The highest BCUT2D eigenvalue weighted by molar-refractivity contribution is 7.99. The first-order chi connectivity index (χ1) is 12.0. The van der Waals surface area contributed by atoms with Gasteiger partial charge in [0.15, 0.2) is 0 Å². The van der Waals surface area contributed by atoms with Crippen molar-refractivity contribution in [3.63, 3.8) is 0 Å². The number of halogens is 1. The Kier molecular flexibility index (Phi) is 7.50. The molecule has 5 nitrogen and oxygen atoms in total. The van der Waals surface area contributed by atoms with Gasteiger partial charge in [0.1, 0.15) is 5.75 Å². The van der Waals surface area contributed by atoms with Crippen molar-refractivity contribution in [3.05, 3.63) is 59.1 Å². The maximum absolute atomic E-state index is 11.7. The fourth-order valence-electron chi connectivity index (χ4n) is 1.82. The van der Waals surface area contributed by atoms with Crippen molar-refractivity contribution in [2.75, 3.05) is 5.75 Å². The number of thioether (sulfide) groups is 1. The molecule has 2 aromatic carbocycles. The van der Waals surface area contributed by atoms with Crippen LogP contribution < -0.4 is 10.2 Å². The molecule has 7 heteroatoms. The molecule has 0 aliphatic carbocycles. The van der Waals surface area contributed by atoms with Crippen LogP contribution in [0.3, 0.4) is 0 Å². The summed E-state index contributed by atoms with van der Waals surface area (Å²) in [6, 6.07) is 14.3. The van der Waals surface area contributed by atoms with Gasteiger partial charge in [-0.25, -0.2) is 5.43 Å². The van der Waals surface area contributed by atoms with Crippen molar-refractivity contribution in [3.8, 4) is 5.75 Å². The fraction of sp³-hybridized carbons (Fsp3) is 0.167. The number of hydrogen-bond donors (Lipinski definition) is 1. The zero-order valence-corrected chi connectivity index (χ0v) is 15.1. The minimum atomic E-state index is -0.370. The summed E-state index contributed by atoms with van der Waals surface area (Å²) in [7, 11) is 0. The van der Waals surface area contributed by atoms with Crippen LogP contribution in [0.2, 0.25) is 5.02 Å². The standard InChI is InChI=1S/C18H17ClN2O3S/c1-13(22)24-16-6-2-14(3-7-16)12-20-21-18(23)10-11-25-17-8-4-15(19)5-9-17/h2-9,12H,10-11H2,1H3,(H,21,23)/b20-12+. The topological polar surface area (TPSA) is 67.8 Å². The Morgan fingerprint density at radius 2 is 1.84 bits per heavy atom. The summed E-state index contributed by atoms with van der Waals surface area (Å²) in [4.78, 5) is 23.6. The summed E-state index contributed by atoms with van der Waals surface area (Å²) < 4.78 is 4.94. The first-order valence-electron chi connectivity index (χ1n) is 7.52. The van der Waals surface area contributed by atoms with E-state index in [0.717, 1.165) is 10.5 Å². The van der Waals surface area contributed by atoms with Crippen molar-refractivity contribution in [1.82, 2.24) is 5.43 Å². The third-order valence-electron chi connectivity index (χ3n) is 2.96. The smallest absolute Gasteiger partial charge is 0.308 e. The fourth-order valence-corrected chi connectivity index (χ4v) is 2.79. The van der Waals surface area contributed by atoms with Gasteiger partial charge in [0.05, 0.1) is 6.21 Å². The van der Waals surface area contributed by atoms with Crippen LogP contribution in [0.5, 0.6) is 5.75 Å². The average molecular weight is 377 g/mol. The number of rotatable bonds is 7. The molecule has 0 unspecified atom stereocenters. The Morgan fingerprint density at radius 3 is 2.48 bits per heavy atom. The van der Waals surface area contributed by atoms with Gasteiger partial charge in [-0.2, -0.15) is 5.10 Å². The number of carbonyl (C=O) groups is 2. The predicted octanol–water partition coefficient (Wildman–Crippen LogP) is 3.90. The Hall–Kier alpha value is -2.31. The number of amides is 1. The lowest BCUT2D eigenvalue weighted by molar-refractivity contribution is -0.131. The normalized spacial score (nSPS) is 10.6. The highest BCUT2D eigenvalue weighted by Crippen LogP contribution is 2.20. The van der Waals surface area contributed by atoms with E-state index < -0.39 is 0 Å². The van der Waals surface area contributed by atoms with E-state index in [9.17, 15) is 9.59 Å². The molecule has 2 aromatic rings. The summed E-state index contributed by atoms with van der Waals surface area (Å²) in [5, 5.41) is 4.60. The van der Waals surface area contributed by atoms with Crippen LogP contribution in [0.1, 0.15) is 18.9 Å². The monoisotopic (exact) mass is 376 g/mol. The molecule has 2 rings (SSSR count). The molecule has 0 saturated carbocycles. The van der Waals surface area contributed by atoms with E-state index in [1.807, 2.05) is 24.3 Å². The number of hydrazone groups is 1. The van der Waals surface area contributed by atoms with Crippen LogP contribution in [0.25, 0.3) is 0 Å². The lowest BCUT2D eigenvalue weighted by Gasteiger charge is -2.02. The second kappa shape index (κ2) is 9.86. The summed E-state index contributed by atoms with van der Waals surface area (Å²) in [5.74, 6) is 0.590. The number of nitrogens with zero attached hydrogens (tertiary/aromatic N) is 1. The van der Waals surface area contributed by atoms with Gasteiger partial charge in [0.25, 0.3) is 0 Å². The first-order valence-corrected chi connectivity index (χ1v) is 8.88. The zero-order valence-electron chi connectivity index (χ0n) is 13.6. The summed E-state index contributed by atoms with van der Waals surface area (Å²) in [6.45, 7) is 1.34. The minimum Gasteiger partial charge on any atom is -0.427 e. The van der Waals surface area contributed by atoms with Gasteiger partial charge in [-0.15, -0.1) is 11.8 Å². The highest BCUT2D eigenvalue weighted by atomic mass is 35.5. The summed E-state index contributed by atoms with van der Waals surface area (Å²) in [5.41, 5.74) is 3.27. The molecule has 0 spiro atoms. The molecular formula is C18H17ClN2O3S. The second-order valence-corrected chi connectivity index (χ2v) is 6.61. The third kappa shape index (κ3) is 7.41. The largest absolute Gasteiger partial charge is 0.427 e. The Labute approximate surface area is 155 Å². The predicted molar refractivity (Wildman–Crippen MR) is 100 cm³/mol. The van der Waals surface area contributed by atoms with Gasteiger partial charge in [-0.05, 0) is 54.1 Å². The SMILES string of the molecule is CC(=O)Oc1ccc(/C=N/NC(=O)CCSc2ccc(Cl)cc2)cc1. The van der Waals surface area contributed by atoms with E-state index in [-0.39, 0.29) is 11.9 Å². The molecule has 0 aliphatic heterocycles. The van der Waals surface area contributed by atoms with Crippen LogP contribution in [-0.4, -0.2) is 23.8 Å². The molecule has 0 aromatic heterocycles. The first kappa shape index (κ1) is 19.0. The van der Waals surface area contributed by atoms with Gasteiger partial charge >= 0.3 is 5.97 Å². The molecule has 130 valence electrons. The highest BCUT2D eigenvalue weighted by Gasteiger charge is 2.01. The summed E-state index contributed by atoms with van der Waals surface area (Å²) >= 11 is 7.40. The van der Waals surface area contributed by atoms with Crippen molar-refractivity contribution in [2.45, 2.75) is 18.2 Å². The molecule has 0 aliphatic rings. The van der Waals surface area contributed by atoms with Gasteiger partial charge in [0, 0.05) is 29.0 Å². The van der Waals surface area contributed by atoms with Gasteiger partial charge < -0.3 is 4.74 Å². The van der Waals surface area contributed by atoms with Crippen molar-refractivity contribution < 1.29 is 14.3 Å². The third-order valence-corrected chi connectivity index (χ3v) is 4.22. The number of carbonyl (C=O) groups excluding carboxylic acids is 2. The molecule has 0 radical (unpaired) electrons. The number of esters is 1. The van der Waals surface area contributed by atoms with Gasteiger partial charge in [-0.1, -0.05) is 11.6 Å². The van der Waals surface area contributed by atoms with Crippen LogP contribution in [-0.2, 0) is 9.59 Å². The molecule has 0 bridgehead atoms. The van der Waals surface area contributed by atoms with E-state index in [1.54, 1.807) is 36.0 Å². The summed E-state index contributed by atoms with van der Waals surface area (Å²) in [6.07, 6.45) is 1.89. The number of nitrogens with one attached hydrogen (secondary N) is 1. The van der Waals surface area contributed by atoms with Gasteiger partial charge in [-0.3, -0.25) is 9.59 Å². The Bertz CT molecular complexity index is 746. The van der Waals surface area contributed by atoms with Crippen LogP contribution in [0.15, 0.2) is 58.5 Å². The molecule has 1 amide bonds. The molecular weight excluding hydrogens is 360 g/mol. The lowest BCUT2D eigenvalue weighted by Crippen LogP contribution is -2.17. The van der Waals surface area contributed by atoms with Crippen molar-refractivity contribution >= 4 is 41.5 Å². The Morgan fingerprint density at radius 1 is 1.16 bits per heavy atom. The number of ether oxygens (including phenoxy) is 1. The maximum Gasteiger partial charge on any atom is 0.308 e. The lowest BCUT2D eigenvalue weighted by atomic mass is 10.2.